The highest BCUT2D eigenvalue weighted by Gasteiger charge is 2.26. The zero-order valence-corrected chi connectivity index (χ0v) is 14.8. The van der Waals surface area contributed by atoms with Crippen molar-refractivity contribution < 1.29 is 14.6 Å². The number of carbonyl (C=O) groups is 1. The molecule has 0 spiro atoms. The van der Waals surface area contributed by atoms with Crippen LogP contribution in [0.4, 0.5) is 0 Å². The van der Waals surface area contributed by atoms with Crippen molar-refractivity contribution in [2.24, 2.45) is 5.28 Å². The van der Waals surface area contributed by atoms with Crippen LogP contribution in [0.5, 0.6) is 0 Å². The van der Waals surface area contributed by atoms with Gasteiger partial charge in [-0.3, -0.25) is 4.79 Å². The van der Waals surface area contributed by atoms with Gasteiger partial charge in [-0.25, -0.2) is 0 Å². The van der Waals surface area contributed by atoms with Gasteiger partial charge in [0.15, 0.2) is 0 Å². The number of nitrogens with zero attached hydrogens (tertiary/aromatic N) is 3. The summed E-state index contributed by atoms with van der Waals surface area (Å²) in [7, 11) is 0. The van der Waals surface area contributed by atoms with Gasteiger partial charge in [0, 0.05) is 31.5 Å². The van der Waals surface area contributed by atoms with Crippen LogP contribution in [-0.2, 0) is 4.84 Å². The molecule has 7 nitrogen and oxygen atoms in total. The SMILES string of the molecule is Cc1ccccc1C(=O)N1CCC(O/N=[N+](\[O-])NC(C)(C)C)CC1. The van der Waals surface area contributed by atoms with E-state index >= 15 is 0 Å². The second-order valence-corrected chi connectivity index (χ2v) is 7.13. The molecule has 24 heavy (non-hydrogen) atoms. The standard InChI is InChI=1S/C17H26N4O3/c1-13-7-5-6-8-15(13)16(22)20-11-9-14(10-12-20)24-19-21(23)18-17(2,3)4/h5-8,14H,9-12H2,1-4H3,(H,18,19). The molecule has 0 radical (unpaired) electrons. The summed E-state index contributed by atoms with van der Waals surface area (Å²) in [5.74, 6) is 0.0448. The fourth-order valence-corrected chi connectivity index (χ4v) is 2.56. The van der Waals surface area contributed by atoms with Crippen molar-refractivity contribution in [2.45, 2.75) is 52.2 Å². The van der Waals surface area contributed by atoms with Crippen LogP contribution < -0.4 is 5.43 Å². The van der Waals surface area contributed by atoms with Gasteiger partial charge in [-0.2, -0.15) is 5.43 Å². The van der Waals surface area contributed by atoms with Crippen LogP contribution in [0.2, 0.25) is 0 Å². The molecule has 132 valence electrons. The molecule has 0 aliphatic carbocycles. The third-order valence-electron chi connectivity index (χ3n) is 3.81. The minimum atomic E-state index is -0.377. The Morgan fingerprint density at radius 3 is 2.54 bits per heavy atom. The number of nitrogens with one attached hydrogen (secondary N) is 1. The fraction of sp³-hybridized carbons (Fsp3) is 0.588. The van der Waals surface area contributed by atoms with Crippen LogP contribution in [0.25, 0.3) is 0 Å². The van der Waals surface area contributed by atoms with E-state index in [1.165, 1.54) is 0 Å². The fourth-order valence-electron chi connectivity index (χ4n) is 2.56. The summed E-state index contributed by atoms with van der Waals surface area (Å²) in [4.78, 5) is 20.0. The summed E-state index contributed by atoms with van der Waals surface area (Å²) >= 11 is 0. The Labute approximate surface area is 142 Å². The van der Waals surface area contributed by atoms with Crippen LogP contribution in [-0.4, -0.2) is 40.5 Å². The van der Waals surface area contributed by atoms with Crippen LogP contribution in [0, 0.1) is 12.1 Å². The lowest BCUT2D eigenvalue weighted by molar-refractivity contribution is -0.626. The first-order valence-electron chi connectivity index (χ1n) is 8.23. The summed E-state index contributed by atoms with van der Waals surface area (Å²) in [6.07, 6.45) is 1.17. The Bertz CT molecular complexity index is 602. The monoisotopic (exact) mass is 334 g/mol. The van der Waals surface area contributed by atoms with E-state index in [1.54, 1.807) is 0 Å². The highest BCUT2D eigenvalue weighted by molar-refractivity contribution is 5.95. The zero-order chi connectivity index (χ0) is 17.7. The van der Waals surface area contributed by atoms with E-state index in [9.17, 15) is 10.0 Å². The molecule has 0 bridgehead atoms. The maximum atomic E-state index is 12.5. The van der Waals surface area contributed by atoms with E-state index in [-0.39, 0.29) is 17.6 Å². The Kier molecular flexibility index (Phi) is 5.64. The van der Waals surface area contributed by atoms with Gasteiger partial charge in [0.1, 0.15) is 6.10 Å². The summed E-state index contributed by atoms with van der Waals surface area (Å²) in [5, 5.41) is 15.1. The molecule has 1 aromatic rings. The number of amides is 1. The van der Waals surface area contributed by atoms with Gasteiger partial charge < -0.3 is 14.9 Å². The second kappa shape index (κ2) is 7.51. The molecule has 1 heterocycles. The highest BCUT2D eigenvalue weighted by atomic mass is 16.7. The number of hydrogen-bond acceptors (Lipinski definition) is 4. The van der Waals surface area contributed by atoms with Crippen LogP contribution in [0.1, 0.15) is 49.5 Å². The van der Waals surface area contributed by atoms with Crippen molar-refractivity contribution in [1.29, 1.82) is 0 Å². The molecule has 0 atom stereocenters. The normalized spacial score (nSPS) is 16.8. The first-order valence-corrected chi connectivity index (χ1v) is 8.23. The number of hydrogen-bond donors (Lipinski definition) is 1. The van der Waals surface area contributed by atoms with E-state index in [4.69, 9.17) is 4.84 Å². The Hall–Kier alpha value is -2.31. The minimum absolute atomic E-state index is 0.0448. The maximum Gasteiger partial charge on any atom is 0.254 e. The lowest BCUT2D eigenvalue weighted by Gasteiger charge is -2.30. The minimum Gasteiger partial charge on any atom is -0.569 e. The molecule has 1 fully saturated rings. The van der Waals surface area contributed by atoms with Crippen LogP contribution in [0.15, 0.2) is 29.5 Å². The van der Waals surface area contributed by atoms with Gasteiger partial charge in [-0.05, 0) is 39.3 Å². The van der Waals surface area contributed by atoms with Crippen molar-refractivity contribution in [3.05, 3.63) is 40.6 Å². The maximum absolute atomic E-state index is 12.5. The van der Waals surface area contributed by atoms with Gasteiger partial charge in [0.25, 0.3) is 5.91 Å². The molecule has 7 heteroatoms. The number of aryl methyl sites for hydroxylation is 1. The average Bonchev–Trinajstić information content (AvgIpc) is 2.52. The van der Waals surface area contributed by atoms with E-state index < -0.39 is 0 Å². The quantitative estimate of drug-likeness (QED) is 0.521. The van der Waals surface area contributed by atoms with E-state index in [2.05, 4.69) is 10.7 Å². The predicted molar refractivity (Wildman–Crippen MR) is 90.1 cm³/mol. The molecular formula is C17H26N4O3. The third-order valence-corrected chi connectivity index (χ3v) is 3.81. The van der Waals surface area contributed by atoms with Crippen molar-refractivity contribution in [2.75, 3.05) is 13.1 Å². The molecule has 1 N–H and O–H groups in total. The lowest BCUT2D eigenvalue weighted by atomic mass is 10.0. The van der Waals surface area contributed by atoms with Gasteiger partial charge in [0.05, 0.1) is 10.5 Å². The summed E-state index contributed by atoms with van der Waals surface area (Å²) < 4.78 is 0. The molecule has 0 unspecified atom stereocenters. The van der Waals surface area contributed by atoms with Crippen molar-refractivity contribution in [3.8, 4) is 0 Å². The topological polar surface area (TPSA) is 80.0 Å². The third kappa shape index (κ3) is 5.11. The highest BCUT2D eigenvalue weighted by Crippen LogP contribution is 2.18. The average molecular weight is 334 g/mol. The zero-order valence-electron chi connectivity index (χ0n) is 14.8. The second-order valence-electron chi connectivity index (χ2n) is 7.13. The van der Waals surface area contributed by atoms with Gasteiger partial charge in [0.2, 0.25) is 5.28 Å². The summed E-state index contributed by atoms with van der Waals surface area (Å²) in [6, 6.07) is 7.59. The molecule has 2 rings (SSSR count). The number of likely N-dealkylation sites (tertiary alicyclic amines) is 1. The Morgan fingerprint density at radius 2 is 1.96 bits per heavy atom. The molecule has 0 aromatic heterocycles. The van der Waals surface area contributed by atoms with Crippen molar-refractivity contribution >= 4 is 5.91 Å². The van der Waals surface area contributed by atoms with Crippen molar-refractivity contribution in [1.82, 2.24) is 10.3 Å². The number of hydrazine groups is 1. The summed E-state index contributed by atoms with van der Waals surface area (Å²) in [5.41, 5.74) is 3.97. The number of piperidine rings is 1. The van der Waals surface area contributed by atoms with Crippen LogP contribution in [0.3, 0.4) is 0 Å². The molecule has 1 aromatic carbocycles. The van der Waals surface area contributed by atoms with E-state index in [1.807, 2.05) is 56.9 Å². The number of benzene rings is 1. The number of rotatable bonds is 4. The molecular weight excluding hydrogens is 308 g/mol. The molecule has 1 aliphatic heterocycles. The largest absolute Gasteiger partial charge is 0.569 e. The van der Waals surface area contributed by atoms with Crippen molar-refractivity contribution in [3.63, 3.8) is 0 Å². The summed E-state index contributed by atoms with van der Waals surface area (Å²) in [6.45, 7) is 8.72. The Morgan fingerprint density at radius 1 is 1.33 bits per heavy atom. The van der Waals surface area contributed by atoms with Gasteiger partial charge >= 0.3 is 0 Å². The first-order chi connectivity index (χ1) is 11.3. The molecule has 1 saturated heterocycles. The predicted octanol–water partition coefficient (Wildman–Crippen LogP) is 2.80. The van der Waals surface area contributed by atoms with Gasteiger partial charge in [-0.1, -0.05) is 18.2 Å². The molecule has 1 aliphatic rings. The molecule has 0 saturated carbocycles. The molecule has 1 amide bonds. The smallest absolute Gasteiger partial charge is 0.254 e. The lowest BCUT2D eigenvalue weighted by Crippen LogP contribution is -2.42. The first kappa shape index (κ1) is 18.0. The Balaban J connectivity index is 1.84. The van der Waals surface area contributed by atoms with Crippen LogP contribution >= 0.6 is 0 Å². The van der Waals surface area contributed by atoms with E-state index in [0.29, 0.717) is 30.9 Å². The van der Waals surface area contributed by atoms with E-state index in [0.717, 1.165) is 11.1 Å². The number of carbonyl (C=O) groups excluding carboxylic acids is 1. The van der Waals surface area contributed by atoms with Gasteiger partial charge in [-0.15, -0.1) is 0 Å².